The van der Waals surface area contributed by atoms with E-state index < -0.39 is 36.2 Å². The minimum atomic E-state index is -0.795. The van der Waals surface area contributed by atoms with Gasteiger partial charge in [0.25, 0.3) is 0 Å². The summed E-state index contributed by atoms with van der Waals surface area (Å²) in [5.41, 5.74) is 0.889. The van der Waals surface area contributed by atoms with E-state index in [-0.39, 0.29) is 18.5 Å². The van der Waals surface area contributed by atoms with Crippen molar-refractivity contribution in [3.8, 4) is 0 Å². The Hall–Kier alpha value is -1.51. The fraction of sp³-hybridized carbons (Fsp3) is 0.650. The van der Waals surface area contributed by atoms with Gasteiger partial charge in [-0.2, -0.15) is 0 Å². The van der Waals surface area contributed by atoms with Crippen molar-refractivity contribution in [2.45, 2.75) is 76.4 Å². The van der Waals surface area contributed by atoms with Crippen molar-refractivity contribution < 1.29 is 33.2 Å². The van der Waals surface area contributed by atoms with Crippen molar-refractivity contribution >= 4 is 5.97 Å². The first-order valence-electron chi connectivity index (χ1n) is 9.29. The van der Waals surface area contributed by atoms with Gasteiger partial charge in [-0.05, 0) is 33.3 Å². The fourth-order valence-corrected chi connectivity index (χ4v) is 3.77. The Morgan fingerprint density at radius 1 is 1.04 bits per heavy atom. The molecule has 0 N–H and O–H groups in total. The smallest absolute Gasteiger partial charge is 0.310 e. The summed E-state index contributed by atoms with van der Waals surface area (Å²) < 4.78 is 35.2. The molecule has 3 heterocycles. The Balaban J connectivity index is 1.49. The van der Waals surface area contributed by atoms with Gasteiger partial charge in [-0.25, -0.2) is 0 Å². The van der Waals surface area contributed by atoms with Gasteiger partial charge in [0.15, 0.2) is 30.1 Å². The summed E-state index contributed by atoms with van der Waals surface area (Å²) in [6, 6.07) is 9.47. The third-order valence-corrected chi connectivity index (χ3v) is 4.88. The van der Waals surface area contributed by atoms with Crippen LogP contribution in [0.2, 0.25) is 0 Å². The van der Waals surface area contributed by atoms with E-state index in [1.807, 2.05) is 58.0 Å². The van der Waals surface area contributed by atoms with Crippen LogP contribution >= 0.6 is 0 Å². The Kier molecular flexibility index (Phi) is 4.76. The van der Waals surface area contributed by atoms with Gasteiger partial charge in [0.1, 0.15) is 12.2 Å². The van der Waals surface area contributed by atoms with E-state index in [4.69, 9.17) is 28.4 Å². The number of esters is 1. The van der Waals surface area contributed by atoms with Crippen LogP contribution in [-0.4, -0.2) is 54.9 Å². The van der Waals surface area contributed by atoms with Crippen LogP contribution in [0.1, 0.15) is 33.3 Å². The highest BCUT2D eigenvalue weighted by molar-refractivity contribution is 5.72. The van der Waals surface area contributed by atoms with Crippen molar-refractivity contribution in [2.24, 2.45) is 0 Å². The molecule has 3 fully saturated rings. The molecule has 3 aliphatic rings. The zero-order valence-corrected chi connectivity index (χ0v) is 16.0. The van der Waals surface area contributed by atoms with E-state index in [0.717, 1.165) is 5.56 Å². The zero-order valence-electron chi connectivity index (χ0n) is 16.0. The first-order chi connectivity index (χ1) is 12.7. The molecule has 4 rings (SSSR count). The molecule has 1 aromatic carbocycles. The molecule has 7 nitrogen and oxygen atoms in total. The van der Waals surface area contributed by atoms with Gasteiger partial charge in [0.2, 0.25) is 0 Å². The van der Waals surface area contributed by atoms with E-state index in [1.54, 1.807) is 0 Å². The second-order valence-corrected chi connectivity index (χ2v) is 8.05. The van der Waals surface area contributed by atoms with Crippen molar-refractivity contribution in [1.82, 2.24) is 0 Å². The van der Waals surface area contributed by atoms with Crippen molar-refractivity contribution in [3.63, 3.8) is 0 Å². The number of ether oxygens (including phenoxy) is 6. The SMILES string of the molecule is CC1(C)O[C@H]2O[C@H]([C@H]3COC(C)(C)O3)[C@H](OC(=O)Cc3ccccc3)[C@H]2O1. The molecule has 0 radical (unpaired) electrons. The monoisotopic (exact) mass is 378 g/mol. The highest BCUT2D eigenvalue weighted by Crippen LogP contribution is 2.42. The maximum absolute atomic E-state index is 12.6. The van der Waals surface area contributed by atoms with Gasteiger partial charge >= 0.3 is 5.97 Å². The maximum Gasteiger partial charge on any atom is 0.310 e. The minimum absolute atomic E-state index is 0.180. The van der Waals surface area contributed by atoms with Gasteiger partial charge in [-0.1, -0.05) is 30.3 Å². The molecule has 0 spiro atoms. The predicted octanol–water partition coefficient (Wildman–Crippen LogP) is 2.17. The van der Waals surface area contributed by atoms with E-state index in [0.29, 0.717) is 6.61 Å². The van der Waals surface area contributed by atoms with E-state index in [1.165, 1.54) is 0 Å². The second kappa shape index (κ2) is 6.83. The van der Waals surface area contributed by atoms with Crippen molar-refractivity contribution in [2.75, 3.05) is 6.61 Å². The molecule has 1 aromatic rings. The molecule has 3 saturated heterocycles. The number of rotatable bonds is 4. The number of fused-ring (bicyclic) bond motifs is 1. The molecule has 27 heavy (non-hydrogen) atoms. The van der Waals surface area contributed by atoms with Gasteiger partial charge in [-0.15, -0.1) is 0 Å². The third-order valence-electron chi connectivity index (χ3n) is 4.88. The van der Waals surface area contributed by atoms with Crippen LogP contribution in [0.4, 0.5) is 0 Å². The normalized spacial score (nSPS) is 36.5. The van der Waals surface area contributed by atoms with Crippen LogP contribution in [0, 0.1) is 0 Å². The summed E-state index contributed by atoms with van der Waals surface area (Å²) >= 11 is 0. The molecule has 5 atom stereocenters. The quantitative estimate of drug-likeness (QED) is 0.744. The van der Waals surface area contributed by atoms with Gasteiger partial charge < -0.3 is 28.4 Å². The lowest BCUT2D eigenvalue weighted by Crippen LogP contribution is -2.45. The summed E-state index contributed by atoms with van der Waals surface area (Å²) in [6.07, 6.45) is -2.44. The third kappa shape index (κ3) is 4.02. The highest BCUT2D eigenvalue weighted by atomic mass is 16.8. The molecule has 0 amide bonds. The average Bonchev–Trinajstić information content (AvgIpc) is 3.19. The number of carbonyl (C=O) groups excluding carboxylic acids is 1. The molecule has 0 bridgehead atoms. The molecular weight excluding hydrogens is 352 g/mol. The summed E-state index contributed by atoms with van der Waals surface area (Å²) in [7, 11) is 0. The Labute approximate surface area is 158 Å². The summed E-state index contributed by atoms with van der Waals surface area (Å²) in [4.78, 5) is 12.6. The van der Waals surface area contributed by atoms with Crippen LogP contribution in [-0.2, 0) is 39.6 Å². The lowest BCUT2D eigenvalue weighted by Gasteiger charge is -2.28. The van der Waals surface area contributed by atoms with Crippen LogP contribution in [0.5, 0.6) is 0 Å². The number of benzene rings is 1. The molecule has 0 unspecified atom stereocenters. The summed E-state index contributed by atoms with van der Waals surface area (Å²) in [5.74, 6) is -1.84. The summed E-state index contributed by atoms with van der Waals surface area (Å²) in [6.45, 7) is 7.66. The van der Waals surface area contributed by atoms with Crippen LogP contribution in [0.3, 0.4) is 0 Å². The first kappa shape index (κ1) is 18.8. The predicted molar refractivity (Wildman–Crippen MR) is 93.6 cm³/mol. The van der Waals surface area contributed by atoms with Crippen molar-refractivity contribution in [3.05, 3.63) is 35.9 Å². The highest BCUT2D eigenvalue weighted by Gasteiger charge is 2.59. The first-order valence-corrected chi connectivity index (χ1v) is 9.29. The Morgan fingerprint density at radius 2 is 1.78 bits per heavy atom. The number of hydrogen-bond donors (Lipinski definition) is 0. The lowest BCUT2D eigenvalue weighted by atomic mass is 10.1. The Bertz CT molecular complexity index is 687. The largest absolute Gasteiger partial charge is 0.456 e. The lowest BCUT2D eigenvalue weighted by molar-refractivity contribution is -0.235. The summed E-state index contributed by atoms with van der Waals surface area (Å²) in [5, 5.41) is 0. The molecule has 148 valence electrons. The van der Waals surface area contributed by atoms with Crippen LogP contribution < -0.4 is 0 Å². The zero-order chi connectivity index (χ0) is 19.2. The minimum Gasteiger partial charge on any atom is -0.456 e. The topological polar surface area (TPSA) is 72.5 Å². The number of hydrogen-bond acceptors (Lipinski definition) is 7. The van der Waals surface area contributed by atoms with E-state index in [2.05, 4.69) is 0 Å². The van der Waals surface area contributed by atoms with E-state index in [9.17, 15) is 4.79 Å². The second-order valence-electron chi connectivity index (χ2n) is 8.05. The van der Waals surface area contributed by atoms with Crippen LogP contribution in [0.15, 0.2) is 30.3 Å². The van der Waals surface area contributed by atoms with Gasteiger partial charge in [-0.3, -0.25) is 4.79 Å². The van der Waals surface area contributed by atoms with Crippen LogP contribution in [0.25, 0.3) is 0 Å². The maximum atomic E-state index is 12.6. The van der Waals surface area contributed by atoms with E-state index >= 15 is 0 Å². The molecule has 0 aromatic heterocycles. The Morgan fingerprint density at radius 3 is 2.44 bits per heavy atom. The van der Waals surface area contributed by atoms with Gasteiger partial charge in [0.05, 0.1) is 13.0 Å². The molecular formula is C20H26O7. The van der Waals surface area contributed by atoms with Gasteiger partial charge in [0, 0.05) is 0 Å². The van der Waals surface area contributed by atoms with Crippen molar-refractivity contribution in [1.29, 1.82) is 0 Å². The average molecular weight is 378 g/mol. The standard InChI is InChI=1S/C20H26O7/c1-19(2)22-11-13(25-19)15-16(17-18(24-15)27-20(3,4)26-17)23-14(21)10-12-8-6-5-7-9-12/h5-9,13,15-18H,10-11H2,1-4H3/t13-,15-,16+,17-,18-/m1/s1. The fourth-order valence-electron chi connectivity index (χ4n) is 3.77. The molecule has 7 heteroatoms. The number of carbonyl (C=O) groups is 1. The molecule has 3 aliphatic heterocycles. The molecule has 0 saturated carbocycles. The molecule has 0 aliphatic carbocycles.